The number of carboxylic acids is 1. The molecule has 2 aromatic carbocycles. The molecule has 0 saturated carbocycles. The van der Waals surface area contributed by atoms with Gasteiger partial charge >= 0.3 is 12.0 Å². The van der Waals surface area contributed by atoms with E-state index in [0.29, 0.717) is 10.7 Å². The number of rotatable bonds is 5. The second-order valence-corrected chi connectivity index (χ2v) is 5.07. The number of carboxylic acid groups (broad SMARTS) is 1. The van der Waals surface area contributed by atoms with E-state index in [-0.39, 0.29) is 6.42 Å². The molecule has 0 aliphatic heterocycles. The fourth-order valence-corrected chi connectivity index (χ4v) is 2.11. The topological polar surface area (TPSA) is 78.4 Å². The van der Waals surface area contributed by atoms with Gasteiger partial charge in [0.15, 0.2) is 0 Å². The van der Waals surface area contributed by atoms with Gasteiger partial charge in [0.2, 0.25) is 0 Å². The van der Waals surface area contributed by atoms with Crippen molar-refractivity contribution in [2.75, 3.05) is 5.32 Å². The van der Waals surface area contributed by atoms with E-state index in [1.54, 1.807) is 24.3 Å². The zero-order valence-electron chi connectivity index (χ0n) is 11.6. The number of benzene rings is 2. The molecule has 2 rings (SSSR count). The standard InChI is InChI=1S/C16H15ClN2O3/c17-12-8-4-5-9-13(12)18-16(22)19-14(15(20)21)10-11-6-2-1-3-7-11/h1-9,14H,10H2,(H,20,21)(H2,18,19,22)/t14-/m1/s1. The molecule has 2 amide bonds. The lowest BCUT2D eigenvalue weighted by molar-refractivity contribution is -0.139. The monoisotopic (exact) mass is 318 g/mol. The van der Waals surface area contributed by atoms with Gasteiger partial charge in [-0.05, 0) is 17.7 Å². The van der Waals surface area contributed by atoms with Crippen molar-refractivity contribution in [1.29, 1.82) is 0 Å². The molecular formula is C16H15ClN2O3. The Balaban J connectivity index is 2.00. The highest BCUT2D eigenvalue weighted by atomic mass is 35.5. The van der Waals surface area contributed by atoms with Gasteiger partial charge in [-0.25, -0.2) is 9.59 Å². The highest BCUT2D eigenvalue weighted by Crippen LogP contribution is 2.20. The molecule has 5 nitrogen and oxygen atoms in total. The van der Waals surface area contributed by atoms with Gasteiger partial charge in [0.1, 0.15) is 6.04 Å². The van der Waals surface area contributed by atoms with Crippen LogP contribution in [0.15, 0.2) is 54.6 Å². The molecule has 0 heterocycles. The van der Waals surface area contributed by atoms with Crippen LogP contribution in [-0.4, -0.2) is 23.1 Å². The summed E-state index contributed by atoms with van der Waals surface area (Å²) in [4.78, 5) is 23.2. The SMILES string of the molecule is O=C(Nc1ccccc1Cl)N[C@H](Cc1ccccc1)C(=O)O. The number of halogens is 1. The Kier molecular flexibility index (Phi) is 5.38. The van der Waals surface area contributed by atoms with E-state index in [2.05, 4.69) is 10.6 Å². The Morgan fingerprint density at radius 3 is 2.32 bits per heavy atom. The first-order chi connectivity index (χ1) is 10.6. The Bertz CT molecular complexity index is 661. The Hall–Kier alpha value is -2.53. The number of para-hydroxylation sites is 1. The predicted octanol–water partition coefficient (Wildman–Crippen LogP) is 3.16. The van der Waals surface area contributed by atoms with Crippen molar-refractivity contribution in [3.05, 3.63) is 65.2 Å². The maximum atomic E-state index is 11.9. The number of hydrogen-bond acceptors (Lipinski definition) is 2. The summed E-state index contributed by atoms with van der Waals surface area (Å²) < 4.78 is 0. The average Bonchev–Trinajstić information content (AvgIpc) is 2.50. The van der Waals surface area contributed by atoms with Gasteiger partial charge in [-0.3, -0.25) is 0 Å². The van der Waals surface area contributed by atoms with Gasteiger partial charge < -0.3 is 15.7 Å². The first-order valence-electron chi connectivity index (χ1n) is 6.65. The minimum absolute atomic E-state index is 0.201. The molecule has 3 N–H and O–H groups in total. The van der Waals surface area contributed by atoms with Crippen molar-refractivity contribution in [3.63, 3.8) is 0 Å². The van der Waals surface area contributed by atoms with Gasteiger partial charge in [-0.1, -0.05) is 54.1 Å². The summed E-state index contributed by atoms with van der Waals surface area (Å²) in [5.41, 5.74) is 1.25. The Morgan fingerprint density at radius 2 is 1.68 bits per heavy atom. The number of carbonyl (C=O) groups is 2. The zero-order valence-corrected chi connectivity index (χ0v) is 12.4. The van der Waals surface area contributed by atoms with Crippen LogP contribution in [0.2, 0.25) is 5.02 Å². The molecule has 0 spiro atoms. The van der Waals surface area contributed by atoms with E-state index < -0.39 is 18.0 Å². The van der Waals surface area contributed by atoms with E-state index >= 15 is 0 Å². The average molecular weight is 319 g/mol. The van der Waals surface area contributed by atoms with Crippen LogP contribution in [0.4, 0.5) is 10.5 Å². The summed E-state index contributed by atoms with van der Waals surface area (Å²) in [6, 6.07) is 14.2. The Labute approximate surface area is 132 Å². The number of aliphatic carboxylic acids is 1. The number of nitrogens with one attached hydrogen (secondary N) is 2. The summed E-state index contributed by atoms with van der Waals surface area (Å²) in [6.45, 7) is 0. The highest BCUT2D eigenvalue weighted by Gasteiger charge is 2.20. The van der Waals surface area contributed by atoms with Crippen molar-refractivity contribution in [2.24, 2.45) is 0 Å². The predicted molar refractivity (Wildman–Crippen MR) is 85.2 cm³/mol. The molecule has 0 aromatic heterocycles. The van der Waals surface area contributed by atoms with Crippen molar-refractivity contribution in [3.8, 4) is 0 Å². The van der Waals surface area contributed by atoms with Gasteiger partial charge in [0.25, 0.3) is 0 Å². The Morgan fingerprint density at radius 1 is 1.05 bits per heavy atom. The molecule has 114 valence electrons. The molecule has 2 aromatic rings. The summed E-state index contributed by atoms with van der Waals surface area (Å²) in [5.74, 6) is -1.10. The zero-order chi connectivity index (χ0) is 15.9. The van der Waals surface area contributed by atoms with Crippen LogP contribution in [0.5, 0.6) is 0 Å². The molecule has 6 heteroatoms. The largest absolute Gasteiger partial charge is 0.480 e. The minimum atomic E-state index is -1.10. The molecule has 0 fully saturated rings. The lowest BCUT2D eigenvalue weighted by Gasteiger charge is -2.15. The van der Waals surface area contributed by atoms with Gasteiger partial charge in [0.05, 0.1) is 10.7 Å². The van der Waals surface area contributed by atoms with Crippen molar-refractivity contribution in [1.82, 2.24) is 5.32 Å². The molecule has 0 unspecified atom stereocenters. The van der Waals surface area contributed by atoms with E-state index in [1.807, 2.05) is 30.3 Å². The smallest absolute Gasteiger partial charge is 0.326 e. The van der Waals surface area contributed by atoms with Gasteiger partial charge in [-0.15, -0.1) is 0 Å². The molecule has 0 saturated heterocycles. The summed E-state index contributed by atoms with van der Waals surface area (Å²) in [5, 5.41) is 14.6. The third-order valence-corrected chi connectivity index (χ3v) is 3.34. The third kappa shape index (κ3) is 4.49. The molecule has 0 bridgehead atoms. The van der Waals surface area contributed by atoms with Crippen LogP contribution in [0.25, 0.3) is 0 Å². The second kappa shape index (κ2) is 7.47. The molecule has 0 aliphatic carbocycles. The van der Waals surface area contributed by atoms with E-state index in [1.165, 1.54) is 0 Å². The van der Waals surface area contributed by atoms with Gasteiger partial charge in [0, 0.05) is 6.42 Å². The van der Waals surface area contributed by atoms with Crippen LogP contribution in [0, 0.1) is 0 Å². The van der Waals surface area contributed by atoms with Crippen molar-refractivity contribution < 1.29 is 14.7 Å². The molecular weight excluding hydrogens is 304 g/mol. The molecule has 22 heavy (non-hydrogen) atoms. The first kappa shape index (κ1) is 15.9. The van der Waals surface area contributed by atoms with E-state index in [9.17, 15) is 14.7 Å². The second-order valence-electron chi connectivity index (χ2n) is 4.66. The number of anilines is 1. The fraction of sp³-hybridized carbons (Fsp3) is 0.125. The fourth-order valence-electron chi connectivity index (χ4n) is 1.93. The summed E-state index contributed by atoms with van der Waals surface area (Å²) >= 11 is 5.94. The van der Waals surface area contributed by atoms with E-state index in [4.69, 9.17) is 11.6 Å². The maximum Gasteiger partial charge on any atom is 0.326 e. The highest BCUT2D eigenvalue weighted by molar-refractivity contribution is 6.33. The van der Waals surface area contributed by atoms with Crippen molar-refractivity contribution in [2.45, 2.75) is 12.5 Å². The number of hydrogen-bond donors (Lipinski definition) is 3. The summed E-state index contributed by atoms with van der Waals surface area (Å²) in [6.07, 6.45) is 0.201. The maximum absolute atomic E-state index is 11.9. The van der Waals surface area contributed by atoms with Gasteiger partial charge in [-0.2, -0.15) is 0 Å². The van der Waals surface area contributed by atoms with Crippen LogP contribution in [0.3, 0.4) is 0 Å². The van der Waals surface area contributed by atoms with Crippen LogP contribution < -0.4 is 10.6 Å². The lowest BCUT2D eigenvalue weighted by atomic mass is 10.1. The van der Waals surface area contributed by atoms with Crippen molar-refractivity contribution >= 4 is 29.3 Å². The minimum Gasteiger partial charge on any atom is -0.480 e. The molecule has 0 aliphatic rings. The number of amides is 2. The van der Waals surface area contributed by atoms with Crippen LogP contribution >= 0.6 is 11.6 Å². The first-order valence-corrected chi connectivity index (χ1v) is 7.03. The third-order valence-electron chi connectivity index (χ3n) is 3.01. The number of urea groups is 1. The molecule has 0 radical (unpaired) electrons. The lowest BCUT2D eigenvalue weighted by Crippen LogP contribution is -2.44. The quantitative estimate of drug-likeness (QED) is 0.792. The number of carbonyl (C=O) groups excluding carboxylic acids is 1. The molecule has 1 atom stereocenters. The summed E-state index contributed by atoms with van der Waals surface area (Å²) in [7, 11) is 0. The van der Waals surface area contributed by atoms with E-state index in [0.717, 1.165) is 5.56 Å². The normalized spacial score (nSPS) is 11.5. The van der Waals surface area contributed by atoms with Crippen LogP contribution in [0.1, 0.15) is 5.56 Å². The van der Waals surface area contributed by atoms with Crippen LogP contribution in [-0.2, 0) is 11.2 Å².